The molecule has 1 amide bonds. The highest BCUT2D eigenvalue weighted by Crippen LogP contribution is 2.35. The molecule has 1 saturated heterocycles. The van der Waals surface area contributed by atoms with Crippen LogP contribution in [-0.2, 0) is 10.9 Å². The molecule has 1 aliphatic rings. The van der Waals surface area contributed by atoms with Crippen LogP contribution in [0.4, 0.5) is 29.6 Å². The standard InChI is InChI=1S/C19H18F3N5O3/c20-19(21,22)16-15(30-18(28)25-10-12-4-6-29-7-5-12)11-24-17(27-16)26-14-3-1-2-13(8-14)9-23/h1-3,8,11-12H,4-7,10H2,(H,25,28)(H,24,26,27). The minimum Gasteiger partial charge on any atom is -0.406 e. The van der Waals surface area contributed by atoms with Crippen molar-refractivity contribution in [2.45, 2.75) is 19.0 Å². The minimum atomic E-state index is -4.87. The molecule has 3 rings (SSSR count). The Balaban J connectivity index is 1.71. The van der Waals surface area contributed by atoms with E-state index >= 15 is 0 Å². The maximum atomic E-state index is 13.4. The number of nitrogens with zero attached hydrogens (tertiary/aromatic N) is 3. The van der Waals surface area contributed by atoms with Crippen molar-refractivity contribution in [3.05, 3.63) is 41.7 Å². The number of carbonyl (C=O) groups excluding carboxylic acids is 1. The first kappa shape index (κ1) is 21.3. The van der Waals surface area contributed by atoms with Crippen LogP contribution < -0.4 is 15.4 Å². The molecule has 0 bridgehead atoms. The predicted octanol–water partition coefficient (Wildman–Crippen LogP) is 3.63. The van der Waals surface area contributed by atoms with Gasteiger partial charge in [0.1, 0.15) is 0 Å². The number of nitriles is 1. The van der Waals surface area contributed by atoms with Crippen LogP contribution in [0, 0.1) is 17.2 Å². The van der Waals surface area contributed by atoms with Gasteiger partial charge in [-0.1, -0.05) is 6.07 Å². The van der Waals surface area contributed by atoms with Gasteiger partial charge in [-0.15, -0.1) is 0 Å². The van der Waals surface area contributed by atoms with Gasteiger partial charge in [0.05, 0.1) is 17.8 Å². The predicted molar refractivity (Wildman–Crippen MR) is 99.0 cm³/mol. The van der Waals surface area contributed by atoms with E-state index < -0.39 is 23.7 Å². The molecular formula is C19H18F3N5O3. The van der Waals surface area contributed by atoms with Gasteiger partial charge in [0, 0.05) is 25.4 Å². The summed E-state index contributed by atoms with van der Waals surface area (Å²) in [6.07, 6.45) is -3.60. The highest BCUT2D eigenvalue weighted by atomic mass is 19.4. The van der Waals surface area contributed by atoms with Crippen molar-refractivity contribution in [3.8, 4) is 11.8 Å². The number of halogens is 3. The zero-order valence-electron chi connectivity index (χ0n) is 15.7. The summed E-state index contributed by atoms with van der Waals surface area (Å²) in [5.41, 5.74) is -0.736. The van der Waals surface area contributed by atoms with E-state index in [1.54, 1.807) is 18.2 Å². The molecule has 11 heteroatoms. The number of hydrogen-bond acceptors (Lipinski definition) is 7. The Bertz CT molecular complexity index is 940. The fourth-order valence-corrected chi connectivity index (χ4v) is 2.82. The number of rotatable bonds is 5. The summed E-state index contributed by atoms with van der Waals surface area (Å²) in [6.45, 7) is 1.44. The molecule has 0 atom stereocenters. The van der Waals surface area contributed by atoms with E-state index in [1.807, 2.05) is 6.07 Å². The summed E-state index contributed by atoms with van der Waals surface area (Å²) >= 11 is 0. The molecule has 2 aromatic rings. The number of alkyl halides is 3. The number of benzene rings is 1. The summed E-state index contributed by atoms with van der Waals surface area (Å²) in [7, 11) is 0. The second kappa shape index (κ2) is 9.41. The van der Waals surface area contributed by atoms with Crippen LogP contribution in [0.15, 0.2) is 30.5 Å². The molecule has 2 heterocycles. The molecule has 158 valence electrons. The van der Waals surface area contributed by atoms with Crippen LogP contribution in [-0.4, -0.2) is 35.8 Å². The van der Waals surface area contributed by atoms with E-state index in [0.717, 1.165) is 19.0 Å². The molecule has 0 saturated carbocycles. The second-order valence-corrected chi connectivity index (χ2v) is 6.55. The molecule has 0 unspecified atom stereocenters. The number of nitrogens with one attached hydrogen (secondary N) is 2. The van der Waals surface area contributed by atoms with E-state index in [9.17, 15) is 18.0 Å². The first-order valence-corrected chi connectivity index (χ1v) is 9.10. The molecule has 0 spiro atoms. The highest BCUT2D eigenvalue weighted by Gasteiger charge is 2.38. The average molecular weight is 421 g/mol. The van der Waals surface area contributed by atoms with Crippen LogP contribution in [0.1, 0.15) is 24.1 Å². The van der Waals surface area contributed by atoms with Crippen LogP contribution >= 0.6 is 0 Å². The number of ether oxygens (including phenoxy) is 2. The Morgan fingerprint density at radius 2 is 2.10 bits per heavy atom. The van der Waals surface area contributed by atoms with Crippen LogP contribution in [0.2, 0.25) is 0 Å². The molecule has 0 radical (unpaired) electrons. The van der Waals surface area contributed by atoms with Crippen molar-refractivity contribution >= 4 is 17.7 Å². The largest absolute Gasteiger partial charge is 0.437 e. The average Bonchev–Trinajstić information content (AvgIpc) is 2.73. The van der Waals surface area contributed by atoms with Gasteiger partial charge in [-0.05, 0) is 37.0 Å². The van der Waals surface area contributed by atoms with E-state index in [1.165, 1.54) is 6.07 Å². The molecule has 0 aliphatic carbocycles. The monoisotopic (exact) mass is 421 g/mol. The summed E-state index contributed by atoms with van der Waals surface area (Å²) in [5, 5.41) is 14.0. The molecular weight excluding hydrogens is 403 g/mol. The molecule has 8 nitrogen and oxygen atoms in total. The van der Waals surface area contributed by atoms with E-state index in [0.29, 0.717) is 24.5 Å². The fourth-order valence-electron chi connectivity index (χ4n) is 2.82. The van der Waals surface area contributed by atoms with Gasteiger partial charge in [0.15, 0.2) is 11.4 Å². The molecule has 1 aromatic heterocycles. The summed E-state index contributed by atoms with van der Waals surface area (Å²) in [6, 6.07) is 8.01. The Labute approximate surface area is 170 Å². The number of hydrogen-bond donors (Lipinski definition) is 2. The maximum absolute atomic E-state index is 13.4. The second-order valence-electron chi connectivity index (χ2n) is 6.55. The van der Waals surface area contributed by atoms with Gasteiger partial charge in [-0.3, -0.25) is 0 Å². The van der Waals surface area contributed by atoms with Gasteiger partial charge in [-0.25, -0.2) is 14.8 Å². The zero-order chi connectivity index (χ0) is 21.6. The van der Waals surface area contributed by atoms with Crippen molar-refractivity contribution < 1.29 is 27.4 Å². The van der Waals surface area contributed by atoms with Crippen molar-refractivity contribution in [1.82, 2.24) is 15.3 Å². The highest BCUT2D eigenvalue weighted by molar-refractivity contribution is 5.70. The van der Waals surface area contributed by atoms with Gasteiger partial charge in [0.2, 0.25) is 5.95 Å². The Kier molecular flexibility index (Phi) is 6.68. The SMILES string of the molecule is N#Cc1cccc(Nc2ncc(OC(=O)NCC3CCOCC3)c(C(F)(F)F)n2)c1. The first-order chi connectivity index (χ1) is 14.3. The third-order valence-corrected chi connectivity index (χ3v) is 4.35. The van der Waals surface area contributed by atoms with E-state index in [4.69, 9.17) is 14.7 Å². The first-order valence-electron chi connectivity index (χ1n) is 9.10. The number of aromatic nitrogens is 2. The van der Waals surface area contributed by atoms with Gasteiger partial charge < -0.3 is 20.1 Å². The van der Waals surface area contributed by atoms with Crippen LogP contribution in [0.25, 0.3) is 0 Å². The lowest BCUT2D eigenvalue weighted by molar-refractivity contribution is -0.142. The lowest BCUT2D eigenvalue weighted by atomic mass is 10.0. The summed E-state index contributed by atoms with van der Waals surface area (Å²) in [4.78, 5) is 19.2. The Morgan fingerprint density at radius 1 is 1.33 bits per heavy atom. The quantitative estimate of drug-likeness (QED) is 0.759. The third-order valence-electron chi connectivity index (χ3n) is 4.35. The van der Waals surface area contributed by atoms with Crippen molar-refractivity contribution in [2.75, 3.05) is 25.1 Å². The van der Waals surface area contributed by atoms with Gasteiger partial charge in [0.25, 0.3) is 0 Å². The topological polar surface area (TPSA) is 109 Å². The molecule has 1 aromatic carbocycles. The zero-order valence-corrected chi connectivity index (χ0v) is 15.7. The van der Waals surface area contributed by atoms with Gasteiger partial charge in [-0.2, -0.15) is 18.4 Å². The Morgan fingerprint density at radius 3 is 2.80 bits per heavy atom. The smallest absolute Gasteiger partial charge is 0.406 e. The lowest BCUT2D eigenvalue weighted by Crippen LogP contribution is -2.34. The molecule has 1 fully saturated rings. The molecule has 2 N–H and O–H groups in total. The normalized spacial score (nSPS) is 14.6. The van der Waals surface area contributed by atoms with Crippen molar-refractivity contribution in [1.29, 1.82) is 5.26 Å². The van der Waals surface area contributed by atoms with Gasteiger partial charge >= 0.3 is 12.3 Å². The number of anilines is 2. The maximum Gasteiger partial charge on any atom is 0.437 e. The summed E-state index contributed by atoms with van der Waals surface area (Å²) < 4.78 is 50.3. The van der Waals surface area contributed by atoms with Crippen molar-refractivity contribution in [3.63, 3.8) is 0 Å². The number of carbonyl (C=O) groups is 1. The molecule has 30 heavy (non-hydrogen) atoms. The van der Waals surface area contributed by atoms with E-state index in [2.05, 4.69) is 20.6 Å². The fraction of sp³-hybridized carbons (Fsp3) is 0.368. The van der Waals surface area contributed by atoms with Crippen LogP contribution in [0.5, 0.6) is 5.75 Å². The minimum absolute atomic E-state index is 0.181. The Hall–Kier alpha value is -3.39. The van der Waals surface area contributed by atoms with Crippen LogP contribution in [0.3, 0.4) is 0 Å². The number of amides is 1. The third kappa shape index (κ3) is 5.81. The lowest BCUT2D eigenvalue weighted by Gasteiger charge is -2.22. The van der Waals surface area contributed by atoms with Crippen molar-refractivity contribution in [2.24, 2.45) is 5.92 Å². The molecule has 1 aliphatic heterocycles. The van der Waals surface area contributed by atoms with E-state index in [-0.39, 0.29) is 18.4 Å². The summed E-state index contributed by atoms with van der Waals surface area (Å²) in [5.74, 6) is -0.976.